The molecule has 8 nitrogen and oxygen atoms in total. The summed E-state index contributed by atoms with van der Waals surface area (Å²) in [5.74, 6) is 0.461. The third-order valence-electron chi connectivity index (χ3n) is 4.72. The fourth-order valence-corrected chi connectivity index (χ4v) is 4.37. The van der Waals surface area contributed by atoms with E-state index in [-0.39, 0.29) is 16.4 Å². The van der Waals surface area contributed by atoms with Gasteiger partial charge in [-0.2, -0.15) is 0 Å². The highest BCUT2D eigenvalue weighted by Gasteiger charge is 2.27. The number of nitrogens with zero attached hydrogens (tertiary/aromatic N) is 5. The summed E-state index contributed by atoms with van der Waals surface area (Å²) >= 11 is 0. The number of benzene rings is 2. The summed E-state index contributed by atoms with van der Waals surface area (Å²) in [6, 6.07) is 15.3. The number of hydrogen-bond acceptors (Lipinski definition) is 6. The Morgan fingerprint density at radius 3 is 2.50 bits per heavy atom. The van der Waals surface area contributed by atoms with Crippen molar-refractivity contribution < 1.29 is 17.2 Å². The lowest BCUT2D eigenvalue weighted by molar-refractivity contribution is 0.576. The van der Waals surface area contributed by atoms with E-state index in [0.717, 1.165) is 16.4 Å². The van der Waals surface area contributed by atoms with E-state index in [1.54, 1.807) is 28.7 Å². The first kappa shape index (κ1) is 18.3. The van der Waals surface area contributed by atoms with E-state index < -0.39 is 15.8 Å². The second kappa shape index (κ2) is 6.63. The van der Waals surface area contributed by atoms with Gasteiger partial charge in [0.1, 0.15) is 5.82 Å². The van der Waals surface area contributed by atoms with E-state index in [2.05, 4.69) is 15.2 Å². The van der Waals surface area contributed by atoms with Crippen molar-refractivity contribution in [2.75, 3.05) is 11.4 Å². The normalized spacial score (nSPS) is 11.9. The molecule has 0 amide bonds. The molecule has 2 aromatic carbocycles. The zero-order chi connectivity index (χ0) is 20.9. The summed E-state index contributed by atoms with van der Waals surface area (Å²) < 4.78 is 47.8. The molecule has 0 bridgehead atoms. The molecule has 30 heavy (non-hydrogen) atoms. The Bertz CT molecular complexity index is 1480. The van der Waals surface area contributed by atoms with E-state index in [4.69, 9.17) is 4.42 Å². The number of hydrogen-bond donors (Lipinski definition) is 0. The van der Waals surface area contributed by atoms with Crippen LogP contribution in [0.1, 0.15) is 0 Å². The maximum absolute atomic E-state index is 13.3. The number of aromatic nitrogens is 4. The Balaban J connectivity index is 1.78. The molecule has 0 spiro atoms. The van der Waals surface area contributed by atoms with Crippen LogP contribution in [0.3, 0.4) is 0 Å². The van der Waals surface area contributed by atoms with E-state index in [9.17, 15) is 12.8 Å². The number of sulfonamides is 1. The summed E-state index contributed by atoms with van der Waals surface area (Å²) in [7, 11) is -2.64. The number of halogens is 1. The van der Waals surface area contributed by atoms with Gasteiger partial charge in [-0.3, -0.25) is 4.40 Å². The molecule has 0 radical (unpaired) electrons. The number of furan rings is 1. The maximum atomic E-state index is 13.3. The molecule has 0 atom stereocenters. The van der Waals surface area contributed by atoms with Crippen LogP contribution in [-0.2, 0) is 10.0 Å². The summed E-state index contributed by atoms with van der Waals surface area (Å²) in [6.45, 7) is 0. The molecule has 0 saturated carbocycles. The van der Waals surface area contributed by atoms with Crippen LogP contribution >= 0.6 is 0 Å². The van der Waals surface area contributed by atoms with Gasteiger partial charge in [-0.1, -0.05) is 12.1 Å². The van der Waals surface area contributed by atoms with Gasteiger partial charge in [-0.05, 0) is 48.5 Å². The second-order valence-electron chi connectivity index (χ2n) is 6.51. The van der Waals surface area contributed by atoms with E-state index in [0.29, 0.717) is 22.6 Å². The van der Waals surface area contributed by atoms with Crippen LogP contribution in [0, 0.1) is 5.82 Å². The molecule has 0 aliphatic carbocycles. The fraction of sp³-hybridized carbons (Fsp3) is 0.0500. The Morgan fingerprint density at radius 1 is 1.00 bits per heavy atom. The van der Waals surface area contributed by atoms with Gasteiger partial charge in [-0.15, -0.1) is 10.2 Å². The number of para-hydroxylation sites is 2. The minimum absolute atomic E-state index is 0.0646. The first-order valence-electron chi connectivity index (χ1n) is 8.89. The first-order valence-corrected chi connectivity index (χ1v) is 10.3. The lowest BCUT2D eigenvalue weighted by Gasteiger charge is -2.19. The van der Waals surface area contributed by atoms with E-state index in [1.165, 1.54) is 25.4 Å². The average molecular weight is 423 g/mol. The van der Waals surface area contributed by atoms with Gasteiger partial charge >= 0.3 is 0 Å². The van der Waals surface area contributed by atoms with Gasteiger partial charge in [0.25, 0.3) is 10.0 Å². The summed E-state index contributed by atoms with van der Waals surface area (Å²) in [5, 5.41) is 8.40. The molecule has 150 valence electrons. The van der Waals surface area contributed by atoms with Crippen LogP contribution in [-0.4, -0.2) is 35.0 Å². The highest BCUT2D eigenvalue weighted by Crippen LogP contribution is 2.30. The number of fused-ring (bicyclic) bond motifs is 3. The SMILES string of the molecule is CN(c1nc2ccccc2n2c(-c3ccco3)nnc12)S(=O)(=O)c1ccc(F)cc1. The predicted octanol–water partition coefficient (Wildman–Crippen LogP) is 3.50. The van der Waals surface area contributed by atoms with Crippen molar-refractivity contribution in [2.45, 2.75) is 4.90 Å². The Kier molecular flexibility index (Phi) is 4.03. The molecule has 0 N–H and O–H groups in total. The lowest BCUT2D eigenvalue weighted by atomic mass is 10.3. The van der Waals surface area contributed by atoms with Crippen molar-refractivity contribution in [2.24, 2.45) is 0 Å². The summed E-state index contributed by atoms with van der Waals surface area (Å²) in [4.78, 5) is 4.46. The minimum Gasteiger partial charge on any atom is -0.461 e. The molecule has 0 aliphatic heterocycles. The van der Waals surface area contributed by atoms with Crippen molar-refractivity contribution in [3.63, 3.8) is 0 Å². The molecule has 0 saturated heterocycles. The van der Waals surface area contributed by atoms with Crippen molar-refractivity contribution in [1.29, 1.82) is 0 Å². The van der Waals surface area contributed by atoms with Crippen LogP contribution in [0.4, 0.5) is 10.2 Å². The van der Waals surface area contributed by atoms with Crippen molar-refractivity contribution in [3.8, 4) is 11.6 Å². The topological polar surface area (TPSA) is 93.6 Å². The third kappa shape index (κ3) is 2.72. The molecule has 0 aliphatic rings. The van der Waals surface area contributed by atoms with Crippen LogP contribution in [0.25, 0.3) is 28.3 Å². The molecule has 3 aromatic heterocycles. The smallest absolute Gasteiger partial charge is 0.265 e. The number of anilines is 1. The zero-order valence-electron chi connectivity index (χ0n) is 15.6. The fourth-order valence-electron chi connectivity index (χ4n) is 3.22. The maximum Gasteiger partial charge on any atom is 0.265 e. The van der Waals surface area contributed by atoms with E-state index >= 15 is 0 Å². The zero-order valence-corrected chi connectivity index (χ0v) is 16.4. The standard InChI is InChI=1S/C20H14FN5O3S/c1-25(30(27,28)14-10-8-13(21)9-11-14)19-20-24-23-18(17-7-4-12-29-17)26(20)16-6-3-2-5-15(16)22-19/h2-12H,1H3. The Morgan fingerprint density at radius 2 is 1.77 bits per heavy atom. The van der Waals surface area contributed by atoms with Gasteiger partial charge in [0.2, 0.25) is 11.5 Å². The lowest BCUT2D eigenvalue weighted by Crippen LogP contribution is -2.28. The summed E-state index contributed by atoms with van der Waals surface area (Å²) in [5.41, 5.74) is 1.49. The Hall–Kier alpha value is -3.79. The molecule has 5 rings (SSSR count). The number of rotatable bonds is 4. The molecule has 0 fully saturated rings. The largest absolute Gasteiger partial charge is 0.461 e. The molecular formula is C20H14FN5O3S. The van der Waals surface area contributed by atoms with Gasteiger partial charge in [-0.25, -0.2) is 22.1 Å². The van der Waals surface area contributed by atoms with Crippen molar-refractivity contribution >= 4 is 32.5 Å². The highest BCUT2D eigenvalue weighted by atomic mass is 32.2. The highest BCUT2D eigenvalue weighted by molar-refractivity contribution is 7.92. The van der Waals surface area contributed by atoms with Gasteiger partial charge < -0.3 is 4.42 Å². The monoisotopic (exact) mass is 423 g/mol. The van der Waals surface area contributed by atoms with Crippen LogP contribution in [0.15, 0.2) is 76.2 Å². The minimum atomic E-state index is -4.01. The van der Waals surface area contributed by atoms with Gasteiger partial charge in [0.05, 0.1) is 22.2 Å². The first-order chi connectivity index (χ1) is 14.5. The molecule has 10 heteroatoms. The van der Waals surface area contributed by atoms with Crippen LogP contribution < -0.4 is 4.31 Å². The Labute approximate surface area is 170 Å². The molecular weight excluding hydrogens is 409 g/mol. The quantitative estimate of drug-likeness (QED) is 0.439. The van der Waals surface area contributed by atoms with E-state index in [1.807, 2.05) is 12.1 Å². The summed E-state index contributed by atoms with van der Waals surface area (Å²) in [6.07, 6.45) is 1.52. The third-order valence-corrected chi connectivity index (χ3v) is 6.49. The molecule has 0 unspecified atom stereocenters. The molecule has 3 heterocycles. The predicted molar refractivity (Wildman–Crippen MR) is 108 cm³/mol. The second-order valence-corrected chi connectivity index (χ2v) is 8.48. The van der Waals surface area contributed by atoms with Gasteiger partial charge in [0.15, 0.2) is 11.6 Å². The average Bonchev–Trinajstić information content (AvgIpc) is 3.43. The van der Waals surface area contributed by atoms with Crippen LogP contribution in [0.2, 0.25) is 0 Å². The van der Waals surface area contributed by atoms with Crippen molar-refractivity contribution in [1.82, 2.24) is 19.6 Å². The van der Waals surface area contributed by atoms with Gasteiger partial charge in [0, 0.05) is 7.05 Å². The van der Waals surface area contributed by atoms with Crippen molar-refractivity contribution in [3.05, 3.63) is 72.7 Å². The molecule has 5 aromatic rings. The van der Waals surface area contributed by atoms with Crippen LogP contribution in [0.5, 0.6) is 0 Å².